The maximum absolute atomic E-state index is 13.1. The third kappa shape index (κ3) is 3.30. The zero-order valence-electron chi connectivity index (χ0n) is 15.9. The number of carbonyl (C=O) groups is 1. The lowest BCUT2D eigenvalue weighted by Crippen LogP contribution is -2.53. The highest BCUT2D eigenvalue weighted by atomic mass is 16.2. The molecule has 0 unspecified atom stereocenters. The van der Waals surface area contributed by atoms with Crippen LogP contribution in [-0.2, 0) is 17.8 Å². The summed E-state index contributed by atoms with van der Waals surface area (Å²) in [5.41, 5.74) is 1.23. The predicted octanol–water partition coefficient (Wildman–Crippen LogP) is 3.81. The minimum atomic E-state index is -0.0474. The Labute approximate surface area is 161 Å². The van der Waals surface area contributed by atoms with Crippen molar-refractivity contribution in [2.75, 3.05) is 6.54 Å². The number of rotatable bonds is 6. The lowest BCUT2D eigenvalue weighted by Gasteiger charge is -2.55. The van der Waals surface area contributed by atoms with E-state index in [2.05, 4.69) is 39.1 Å². The van der Waals surface area contributed by atoms with Crippen LogP contribution in [0, 0.1) is 23.2 Å². The van der Waals surface area contributed by atoms with E-state index < -0.39 is 0 Å². The SMILES string of the molecule is O=C(NCCc1nccn1Cc1ccccc1)C12CC3CC(CC(C3)C1)C2. The van der Waals surface area contributed by atoms with Gasteiger partial charge < -0.3 is 9.88 Å². The Balaban J connectivity index is 1.19. The molecule has 4 bridgehead atoms. The minimum absolute atomic E-state index is 0.0474. The minimum Gasteiger partial charge on any atom is -0.355 e. The zero-order valence-corrected chi connectivity index (χ0v) is 15.9. The van der Waals surface area contributed by atoms with E-state index in [1.165, 1.54) is 24.8 Å². The first kappa shape index (κ1) is 17.0. The topological polar surface area (TPSA) is 46.9 Å². The summed E-state index contributed by atoms with van der Waals surface area (Å²) in [7, 11) is 0. The summed E-state index contributed by atoms with van der Waals surface area (Å²) in [4.78, 5) is 17.6. The van der Waals surface area contributed by atoms with Crippen LogP contribution in [0.2, 0.25) is 0 Å². The van der Waals surface area contributed by atoms with Crippen LogP contribution in [0.4, 0.5) is 0 Å². The molecular weight excluding hydrogens is 334 g/mol. The van der Waals surface area contributed by atoms with Gasteiger partial charge in [0.25, 0.3) is 0 Å². The molecule has 1 amide bonds. The Morgan fingerprint density at radius 2 is 1.74 bits per heavy atom. The highest BCUT2D eigenvalue weighted by Gasteiger charge is 2.54. The van der Waals surface area contributed by atoms with Crippen molar-refractivity contribution in [1.82, 2.24) is 14.9 Å². The van der Waals surface area contributed by atoms with Gasteiger partial charge in [0.1, 0.15) is 5.82 Å². The Bertz CT molecular complexity index is 775. The summed E-state index contributed by atoms with van der Waals surface area (Å²) < 4.78 is 2.19. The van der Waals surface area contributed by atoms with Crippen LogP contribution in [-0.4, -0.2) is 22.0 Å². The number of amides is 1. The number of aromatic nitrogens is 2. The van der Waals surface area contributed by atoms with Crippen LogP contribution >= 0.6 is 0 Å². The quantitative estimate of drug-likeness (QED) is 0.848. The van der Waals surface area contributed by atoms with E-state index in [4.69, 9.17) is 0 Å². The fourth-order valence-electron chi connectivity index (χ4n) is 6.36. The maximum Gasteiger partial charge on any atom is 0.226 e. The lowest BCUT2D eigenvalue weighted by atomic mass is 9.49. The second-order valence-electron chi connectivity index (χ2n) is 9.16. The van der Waals surface area contributed by atoms with E-state index in [-0.39, 0.29) is 5.41 Å². The van der Waals surface area contributed by atoms with E-state index >= 15 is 0 Å². The molecule has 4 aliphatic carbocycles. The molecule has 1 aromatic carbocycles. The van der Waals surface area contributed by atoms with E-state index in [0.717, 1.165) is 55.8 Å². The molecule has 4 saturated carbocycles. The van der Waals surface area contributed by atoms with Crippen molar-refractivity contribution in [3.63, 3.8) is 0 Å². The van der Waals surface area contributed by atoms with E-state index in [0.29, 0.717) is 12.5 Å². The van der Waals surface area contributed by atoms with E-state index in [1.54, 1.807) is 0 Å². The summed E-state index contributed by atoms with van der Waals surface area (Å²) in [6.45, 7) is 1.52. The first-order valence-electron chi connectivity index (χ1n) is 10.5. The van der Waals surface area contributed by atoms with Crippen LogP contribution < -0.4 is 5.32 Å². The predicted molar refractivity (Wildman–Crippen MR) is 105 cm³/mol. The molecule has 1 heterocycles. The largest absolute Gasteiger partial charge is 0.355 e. The smallest absolute Gasteiger partial charge is 0.226 e. The molecule has 0 atom stereocenters. The Morgan fingerprint density at radius 1 is 1.07 bits per heavy atom. The van der Waals surface area contributed by atoms with Crippen molar-refractivity contribution >= 4 is 5.91 Å². The normalized spacial score (nSPS) is 31.2. The number of nitrogens with one attached hydrogen (secondary N) is 1. The van der Waals surface area contributed by atoms with Gasteiger partial charge in [0.2, 0.25) is 5.91 Å². The Kier molecular flexibility index (Phi) is 4.30. The van der Waals surface area contributed by atoms with Crippen molar-refractivity contribution in [2.24, 2.45) is 23.2 Å². The number of carbonyl (C=O) groups excluding carboxylic acids is 1. The number of imidazole rings is 1. The summed E-state index contributed by atoms with van der Waals surface area (Å²) in [6, 6.07) is 10.4. The molecule has 0 aliphatic heterocycles. The van der Waals surface area contributed by atoms with Gasteiger partial charge in [-0.3, -0.25) is 4.79 Å². The second-order valence-corrected chi connectivity index (χ2v) is 9.16. The van der Waals surface area contributed by atoms with E-state index in [9.17, 15) is 4.79 Å². The lowest BCUT2D eigenvalue weighted by molar-refractivity contribution is -0.146. The van der Waals surface area contributed by atoms with Crippen LogP contribution in [0.1, 0.15) is 49.9 Å². The summed E-state index contributed by atoms with van der Waals surface area (Å²) in [5.74, 6) is 3.80. The average Bonchev–Trinajstić information content (AvgIpc) is 3.08. The third-order valence-corrected chi connectivity index (χ3v) is 7.15. The number of hydrogen-bond acceptors (Lipinski definition) is 2. The van der Waals surface area contributed by atoms with Gasteiger partial charge in [0, 0.05) is 37.3 Å². The van der Waals surface area contributed by atoms with Gasteiger partial charge in [0.15, 0.2) is 0 Å². The Morgan fingerprint density at radius 3 is 2.41 bits per heavy atom. The molecule has 0 spiro atoms. The fraction of sp³-hybridized carbons (Fsp3) is 0.565. The molecule has 6 rings (SSSR count). The molecule has 142 valence electrons. The molecule has 1 aromatic heterocycles. The highest BCUT2D eigenvalue weighted by Crippen LogP contribution is 2.60. The zero-order chi connectivity index (χ0) is 18.3. The molecule has 4 fully saturated rings. The van der Waals surface area contributed by atoms with Crippen molar-refractivity contribution in [3.8, 4) is 0 Å². The van der Waals surface area contributed by atoms with Gasteiger partial charge in [-0.25, -0.2) is 4.98 Å². The third-order valence-electron chi connectivity index (χ3n) is 7.15. The van der Waals surface area contributed by atoms with Crippen molar-refractivity contribution < 1.29 is 4.79 Å². The van der Waals surface area contributed by atoms with Gasteiger partial charge in [-0.2, -0.15) is 0 Å². The van der Waals surface area contributed by atoms with Gasteiger partial charge in [-0.15, -0.1) is 0 Å². The van der Waals surface area contributed by atoms with Crippen LogP contribution in [0.25, 0.3) is 0 Å². The first-order chi connectivity index (χ1) is 13.2. The second kappa shape index (κ2) is 6.81. The molecule has 1 N–H and O–H groups in total. The standard InChI is InChI=1S/C23H29N3O/c27-22(23-13-18-10-19(14-23)12-20(11-18)15-23)25-7-6-21-24-8-9-26(21)16-17-4-2-1-3-5-17/h1-5,8-9,18-20H,6-7,10-16H2,(H,25,27). The van der Waals surface area contributed by atoms with Crippen LogP contribution in [0.3, 0.4) is 0 Å². The molecular formula is C23H29N3O. The monoisotopic (exact) mass is 363 g/mol. The van der Waals surface area contributed by atoms with Gasteiger partial charge in [0.05, 0.1) is 0 Å². The molecule has 27 heavy (non-hydrogen) atoms. The summed E-state index contributed by atoms with van der Waals surface area (Å²) in [5, 5.41) is 3.28. The fourth-order valence-corrected chi connectivity index (χ4v) is 6.36. The number of hydrogen-bond donors (Lipinski definition) is 1. The molecule has 0 saturated heterocycles. The average molecular weight is 364 g/mol. The first-order valence-corrected chi connectivity index (χ1v) is 10.5. The van der Waals surface area contributed by atoms with Gasteiger partial charge in [-0.1, -0.05) is 30.3 Å². The number of benzene rings is 1. The highest BCUT2D eigenvalue weighted by molar-refractivity contribution is 5.83. The molecule has 0 radical (unpaired) electrons. The molecule has 4 aliphatic rings. The Hall–Kier alpha value is -2.10. The van der Waals surface area contributed by atoms with Crippen molar-refractivity contribution in [3.05, 3.63) is 54.1 Å². The summed E-state index contributed by atoms with van der Waals surface area (Å²) >= 11 is 0. The van der Waals surface area contributed by atoms with Crippen molar-refractivity contribution in [2.45, 2.75) is 51.5 Å². The maximum atomic E-state index is 13.1. The summed E-state index contributed by atoms with van der Waals surface area (Å²) in [6.07, 6.45) is 12.2. The molecule has 4 nitrogen and oxygen atoms in total. The van der Waals surface area contributed by atoms with Crippen molar-refractivity contribution in [1.29, 1.82) is 0 Å². The number of nitrogens with zero attached hydrogens (tertiary/aromatic N) is 2. The van der Waals surface area contributed by atoms with Crippen LogP contribution in [0.15, 0.2) is 42.7 Å². The molecule has 2 aromatic rings. The van der Waals surface area contributed by atoms with Crippen LogP contribution in [0.5, 0.6) is 0 Å². The molecule has 4 heteroatoms. The van der Waals surface area contributed by atoms with Gasteiger partial charge >= 0.3 is 0 Å². The van der Waals surface area contributed by atoms with E-state index in [1.807, 2.05) is 18.5 Å². The van der Waals surface area contributed by atoms with Gasteiger partial charge in [-0.05, 0) is 61.8 Å².